The van der Waals surface area contributed by atoms with Crippen molar-refractivity contribution >= 4 is 15.9 Å². The molecule has 2 aromatic rings. The van der Waals surface area contributed by atoms with E-state index in [-0.39, 0.29) is 35.7 Å². The molecule has 0 aliphatic rings. The maximum atomic E-state index is 13.7. The van der Waals surface area contributed by atoms with Crippen molar-refractivity contribution in [1.82, 2.24) is 9.62 Å². The molecule has 0 saturated carbocycles. The number of hydrogen-bond acceptors (Lipinski definition) is 4. The third kappa shape index (κ3) is 6.31. The van der Waals surface area contributed by atoms with Crippen LogP contribution in [0.5, 0.6) is 5.75 Å². The van der Waals surface area contributed by atoms with E-state index < -0.39 is 10.0 Å². The zero-order valence-corrected chi connectivity index (χ0v) is 17.0. The number of halogens is 1. The lowest BCUT2D eigenvalue weighted by molar-refractivity contribution is -0.132. The first kappa shape index (κ1) is 21.8. The third-order valence-electron chi connectivity index (χ3n) is 3.97. The zero-order valence-electron chi connectivity index (χ0n) is 16.2. The summed E-state index contributed by atoms with van der Waals surface area (Å²) < 4.78 is 45.9. The molecule has 1 N–H and O–H groups in total. The molecule has 0 spiro atoms. The van der Waals surface area contributed by atoms with Crippen LogP contribution in [0.1, 0.15) is 19.4 Å². The first-order valence-electron chi connectivity index (χ1n) is 8.89. The standard InChI is InChI=1S/C20H25FN2O4S/c1-15(2)12-22-28(25,26)18-10-8-17(9-11-18)27-14-20(24)23(3)13-16-6-4-5-7-19(16)21/h4-11,15,22H,12-14H2,1-3H3. The minimum Gasteiger partial charge on any atom is -0.484 e. The van der Waals surface area contributed by atoms with Gasteiger partial charge in [-0.2, -0.15) is 0 Å². The lowest BCUT2D eigenvalue weighted by Crippen LogP contribution is -2.31. The number of hydrogen-bond donors (Lipinski definition) is 1. The fraction of sp³-hybridized carbons (Fsp3) is 0.350. The molecule has 0 saturated heterocycles. The maximum absolute atomic E-state index is 13.7. The highest BCUT2D eigenvalue weighted by Crippen LogP contribution is 2.16. The Morgan fingerprint density at radius 2 is 1.79 bits per heavy atom. The Balaban J connectivity index is 1.90. The summed E-state index contributed by atoms with van der Waals surface area (Å²) in [6.45, 7) is 4.08. The summed E-state index contributed by atoms with van der Waals surface area (Å²) in [5.41, 5.74) is 0.418. The quantitative estimate of drug-likeness (QED) is 0.692. The summed E-state index contributed by atoms with van der Waals surface area (Å²) in [4.78, 5) is 13.7. The highest BCUT2D eigenvalue weighted by Gasteiger charge is 2.15. The van der Waals surface area contributed by atoms with Crippen molar-refractivity contribution < 1.29 is 22.3 Å². The number of likely N-dealkylation sites (N-methyl/N-ethyl adjacent to an activating group) is 1. The molecule has 0 aliphatic heterocycles. The second-order valence-electron chi connectivity index (χ2n) is 6.85. The Hall–Kier alpha value is -2.45. The number of ether oxygens (including phenoxy) is 1. The van der Waals surface area contributed by atoms with Gasteiger partial charge in [-0.15, -0.1) is 0 Å². The Bertz CT molecular complexity index is 899. The van der Waals surface area contributed by atoms with E-state index in [1.54, 1.807) is 25.2 Å². The van der Waals surface area contributed by atoms with E-state index >= 15 is 0 Å². The Labute approximate surface area is 165 Å². The second-order valence-corrected chi connectivity index (χ2v) is 8.61. The second kappa shape index (κ2) is 9.66. The topological polar surface area (TPSA) is 75.7 Å². The molecular formula is C20H25FN2O4S. The summed E-state index contributed by atoms with van der Waals surface area (Å²) in [6.07, 6.45) is 0. The lowest BCUT2D eigenvalue weighted by Gasteiger charge is -2.18. The summed E-state index contributed by atoms with van der Waals surface area (Å²) in [6, 6.07) is 12.1. The van der Waals surface area contributed by atoms with Crippen LogP contribution in [0, 0.1) is 11.7 Å². The minimum absolute atomic E-state index is 0.128. The van der Waals surface area contributed by atoms with Crippen LogP contribution in [0.4, 0.5) is 4.39 Å². The van der Waals surface area contributed by atoms with E-state index in [1.807, 2.05) is 13.8 Å². The molecular weight excluding hydrogens is 383 g/mol. The number of carbonyl (C=O) groups excluding carboxylic acids is 1. The van der Waals surface area contributed by atoms with Gasteiger partial charge < -0.3 is 9.64 Å². The van der Waals surface area contributed by atoms with Gasteiger partial charge in [0.25, 0.3) is 5.91 Å². The maximum Gasteiger partial charge on any atom is 0.260 e. The van der Waals surface area contributed by atoms with Crippen LogP contribution in [0.2, 0.25) is 0 Å². The van der Waals surface area contributed by atoms with Crippen LogP contribution in [-0.4, -0.2) is 39.4 Å². The van der Waals surface area contributed by atoms with E-state index in [2.05, 4.69) is 4.72 Å². The predicted octanol–water partition coefficient (Wildman–Crippen LogP) is 2.80. The molecule has 0 unspecified atom stereocenters. The van der Waals surface area contributed by atoms with Crippen molar-refractivity contribution in [3.63, 3.8) is 0 Å². The van der Waals surface area contributed by atoms with Crippen molar-refractivity contribution in [2.75, 3.05) is 20.2 Å². The van der Waals surface area contributed by atoms with Gasteiger partial charge in [-0.25, -0.2) is 17.5 Å². The largest absolute Gasteiger partial charge is 0.484 e. The number of carbonyl (C=O) groups is 1. The predicted molar refractivity (Wildman–Crippen MR) is 105 cm³/mol. The normalized spacial score (nSPS) is 11.5. The lowest BCUT2D eigenvalue weighted by atomic mass is 10.2. The number of nitrogens with one attached hydrogen (secondary N) is 1. The molecule has 0 heterocycles. The van der Waals surface area contributed by atoms with Gasteiger partial charge >= 0.3 is 0 Å². The molecule has 0 bridgehead atoms. The fourth-order valence-corrected chi connectivity index (χ4v) is 3.51. The van der Waals surface area contributed by atoms with Crippen LogP contribution >= 0.6 is 0 Å². The van der Waals surface area contributed by atoms with Gasteiger partial charge in [-0.1, -0.05) is 32.0 Å². The Kier molecular flexibility index (Phi) is 7.53. The van der Waals surface area contributed by atoms with Crippen molar-refractivity contribution in [1.29, 1.82) is 0 Å². The average molecular weight is 408 g/mol. The molecule has 152 valence electrons. The monoisotopic (exact) mass is 408 g/mol. The Morgan fingerprint density at radius 3 is 2.39 bits per heavy atom. The summed E-state index contributed by atoms with van der Waals surface area (Å²) >= 11 is 0. The molecule has 2 rings (SSSR count). The Morgan fingerprint density at radius 1 is 1.14 bits per heavy atom. The molecule has 0 radical (unpaired) electrons. The summed E-state index contributed by atoms with van der Waals surface area (Å²) in [7, 11) is -2.01. The van der Waals surface area contributed by atoms with Crippen LogP contribution < -0.4 is 9.46 Å². The van der Waals surface area contributed by atoms with Gasteiger partial charge in [-0.05, 0) is 36.2 Å². The van der Waals surface area contributed by atoms with Crippen LogP contribution in [-0.2, 0) is 21.4 Å². The first-order valence-corrected chi connectivity index (χ1v) is 10.4. The van der Waals surface area contributed by atoms with Gasteiger partial charge in [0.05, 0.1) is 4.90 Å². The minimum atomic E-state index is -3.57. The molecule has 8 heteroatoms. The van der Waals surface area contributed by atoms with E-state index in [1.165, 1.54) is 35.2 Å². The van der Waals surface area contributed by atoms with E-state index in [9.17, 15) is 17.6 Å². The SMILES string of the molecule is CC(C)CNS(=O)(=O)c1ccc(OCC(=O)N(C)Cc2ccccc2F)cc1. The van der Waals surface area contributed by atoms with Crippen molar-refractivity contribution in [3.8, 4) is 5.75 Å². The molecule has 1 amide bonds. The van der Waals surface area contributed by atoms with Gasteiger partial charge in [0.2, 0.25) is 10.0 Å². The van der Waals surface area contributed by atoms with Crippen LogP contribution in [0.15, 0.2) is 53.4 Å². The molecule has 0 atom stereocenters. The van der Waals surface area contributed by atoms with Gasteiger partial charge in [0, 0.05) is 25.7 Å². The summed E-state index contributed by atoms with van der Waals surface area (Å²) in [5, 5.41) is 0. The third-order valence-corrected chi connectivity index (χ3v) is 5.41. The zero-order chi connectivity index (χ0) is 20.7. The van der Waals surface area contributed by atoms with Gasteiger partial charge in [0.1, 0.15) is 11.6 Å². The van der Waals surface area contributed by atoms with Gasteiger partial charge in [-0.3, -0.25) is 4.79 Å². The van der Waals surface area contributed by atoms with Crippen molar-refractivity contribution in [2.24, 2.45) is 5.92 Å². The van der Waals surface area contributed by atoms with Crippen LogP contribution in [0.25, 0.3) is 0 Å². The average Bonchev–Trinajstić information content (AvgIpc) is 2.66. The molecule has 6 nitrogen and oxygen atoms in total. The molecule has 0 aliphatic carbocycles. The molecule has 0 fully saturated rings. The number of sulfonamides is 1. The highest BCUT2D eigenvalue weighted by atomic mass is 32.2. The number of rotatable bonds is 9. The molecule has 2 aromatic carbocycles. The van der Waals surface area contributed by atoms with E-state index in [4.69, 9.17) is 4.74 Å². The molecule has 0 aromatic heterocycles. The van der Waals surface area contributed by atoms with Crippen LogP contribution in [0.3, 0.4) is 0 Å². The van der Waals surface area contributed by atoms with Crippen molar-refractivity contribution in [2.45, 2.75) is 25.3 Å². The molecule has 28 heavy (non-hydrogen) atoms. The van der Waals surface area contributed by atoms with Crippen molar-refractivity contribution in [3.05, 3.63) is 59.9 Å². The highest BCUT2D eigenvalue weighted by molar-refractivity contribution is 7.89. The van der Waals surface area contributed by atoms with E-state index in [0.29, 0.717) is 17.9 Å². The fourth-order valence-electron chi connectivity index (χ4n) is 2.30. The van der Waals surface area contributed by atoms with Gasteiger partial charge in [0.15, 0.2) is 6.61 Å². The smallest absolute Gasteiger partial charge is 0.260 e. The number of amides is 1. The number of benzene rings is 2. The van der Waals surface area contributed by atoms with E-state index in [0.717, 1.165) is 0 Å². The first-order chi connectivity index (χ1) is 13.2. The summed E-state index contributed by atoms with van der Waals surface area (Å²) in [5.74, 6) is -0.121. The number of nitrogens with zero attached hydrogens (tertiary/aromatic N) is 1.